The minimum absolute atomic E-state index is 0.0172. The number of ether oxygens (including phenoxy) is 6. The number of carbonyl (C=O) groups excluding carboxylic acids is 1. The largest absolute Gasteiger partial charge is 0.499 e. The van der Waals surface area contributed by atoms with Gasteiger partial charge in [-0.25, -0.2) is 0 Å². The Balaban J connectivity index is -0.000000717. The van der Waals surface area contributed by atoms with Gasteiger partial charge in [0, 0.05) is 29.6 Å². The third-order valence-electron chi connectivity index (χ3n) is 10.3. The first-order valence-electron chi connectivity index (χ1n) is 25.0. The second kappa shape index (κ2) is 38.5. The zero-order valence-corrected chi connectivity index (χ0v) is 45.7. The Bertz CT molecular complexity index is 1380. The highest BCUT2D eigenvalue weighted by molar-refractivity contribution is 5.71. The van der Waals surface area contributed by atoms with Crippen molar-refractivity contribution in [1.82, 2.24) is 0 Å². The van der Waals surface area contributed by atoms with E-state index in [-0.39, 0.29) is 23.6 Å². The first-order valence-corrected chi connectivity index (χ1v) is 25.0. The standard InChI is InChI=1S/C12H16O.C11H20O2.C11H20O.C9H18O.C8H16O.C7H14O/c1-10(2)11(3)13-9-12-7-5-4-6-8-12;1-9(2)11(12)13-8-10-6-4-3-5-7-10;1-9(2)10(3)12-8-11-6-4-5-7-11;1-7(2)8(3)10-9(4,5)6;1-6(2)8(5)9-7(3)4;1-5-8-7(4)6(2)3/h4-8,10H,3,9H2,1-2H3;9-10H,3-8H2,1-2H3;9,11H,3-8H2,1-2H3;7H,3H2,1-2,4-6H3;6-7H,5H2,1-4H3;6H,4-5H2,1-3H3. The van der Waals surface area contributed by atoms with E-state index in [2.05, 4.69) is 102 Å². The molecule has 2 saturated carbocycles. The lowest BCUT2D eigenvalue weighted by molar-refractivity contribution is -0.149. The summed E-state index contributed by atoms with van der Waals surface area (Å²) in [6.07, 6.45) is 12.2. The van der Waals surface area contributed by atoms with Gasteiger partial charge in [0.25, 0.3) is 0 Å². The number of esters is 1. The van der Waals surface area contributed by atoms with Gasteiger partial charge in [0.15, 0.2) is 0 Å². The van der Waals surface area contributed by atoms with E-state index in [1.807, 2.05) is 85.7 Å². The van der Waals surface area contributed by atoms with Gasteiger partial charge in [0.2, 0.25) is 0 Å². The van der Waals surface area contributed by atoms with Crippen molar-refractivity contribution < 1.29 is 33.2 Å². The van der Waals surface area contributed by atoms with Gasteiger partial charge in [-0.05, 0) is 84.6 Å². The lowest BCUT2D eigenvalue weighted by atomic mass is 9.90. The molecule has 378 valence electrons. The highest BCUT2D eigenvalue weighted by atomic mass is 16.5. The van der Waals surface area contributed by atoms with E-state index >= 15 is 0 Å². The number of carbonyl (C=O) groups is 1. The second-order valence-electron chi connectivity index (χ2n) is 20.4. The molecule has 0 aliphatic heterocycles. The third-order valence-corrected chi connectivity index (χ3v) is 10.3. The molecule has 0 bridgehead atoms. The van der Waals surface area contributed by atoms with Crippen LogP contribution < -0.4 is 0 Å². The topological polar surface area (TPSA) is 72.5 Å². The molecule has 7 heteroatoms. The predicted octanol–water partition coefficient (Wildman–Crippen LogP) is 17.2. The molecule has 3 rings (SSSR count). The van der Waals surface area contributed by atoms with Crippen LogP contribution in [0.25, 0.3) is 0 Å². The minimum Gasteiger partial charge on any atom is -0.499 e. The van der Waals surface area contributed by atoms with Crippen molar-refractivity contribution in [2.24, 2.45) is 47.3 Å². The molecule has 2 aliphatic rings. The van der Waals surface area contributed by atoms with Gasteiger partial charge >= 0.3 is 5.97 Å². The smallest absolute Gasteiger partial charge is 0.308 e. The lowest BCUT2D eigenvalue weighted by Gasteiger charge is -2.24. The Morgan fingerprint density at radius 2 is 0.908 bits per heavy atom. The van der Waals surface area contributed by atoms with Crippen LogP contribution in [0.15, 0.2) is 92.0 Å². The van der Waals surface area contributed by atoms with Crippen molar-refractivity contribution in [3.8, 4) is 0 Å². The molecule has 0 N–H and O–H groups in total. The molecular weight excluding hydrogens is 809 g/mol. The van der Waals surface area contributed by atoms with Crippen molar-refractivity contribution in [3.63, 3.8) is 0 Å². The van der Waals surface area contributed by atoms with Crippen LogP contribution in [0.2, 0.25) is 0 Å². The highest BCUT2D eigenvalue weighted by Crippen LogP contribution is 2.26. The van der Waals surface area contributed by atoms with Crippen molar-refractivity contribution >= 4 is 5.97 Å². The summed E-state index contributed by atoms with van der Waals surface area (Å²) in [4.78, 5) is 11.2. The summed E-state index contributed by atoms with van der Waals surface area (Å²) in [6, 6.07) is 10.1. The average Bonchev–Trinajstić information content (AvgIpc) is 3.76. The van der Waals surface area contributed by atoms with Crippen molar-refractivity contribution in [2.75, 3.05) is 19.8 Å². The van der Waals surface area contributed by atoms with Gasteiger partial charge in [-0.15, -0.1) is 0 Å². The molecule has 65 heavy (non-hydrogen) atoms. The highest BCUT2D eigenvalue weighted by Gasteiger charge is 2.18. The maximum Gasteiger partial charge on any atom is 0.308 e. The zero-order valence-electron chi connectivity index (χ0n) is 45.7. The molecule has 0 radical (unpaired) electrons. The summed E-state index contributed by atoms with van der Waals surface area (Å²) in [5.74, 6) is 8.00. The molecule has 2 aliphatic carbocycles. The first kappa shape index (κ1) is 65.7. The number of benzene rings is 1. The van der Waals surface area contributed by atoms with Crippen LogP contribution in [0.5, 0.6) is 0 Å². The summed E-state index contributed by atoms with van der Waals surface area (Å²) >= 11 is 0. The molecule has 0 amide bonds. The summed E-state index contributed by atoms with van der Waals surface area (Å²) in [6.45, 7) is 58.6. The van der Waals surface area contributed by atoms with E-state index in [0.29, 0.717) is 48.7 Å². The van der Waals surface area contributed by atoms with E-state index in [1.165, 1.54) is 63.4 Å². The number of hydrogen-bond donors (Lipinski definition) is 0. The fourth-order valence-corrected chi connectivity index (χ4v) is 5.51. The fraction of sp³-hybridized carbons (Fsp3) is 0.707. The van der Waals surface area contributed by atoms with Crippen LogP contribution in [0.3, 0.4) is 0 Å². The van der Waals surface area contributed by atoms with E-state index < -0.39 is 0 Å². The van der Waals surface area contributed by atoms with Gasteiger partial charge in [-0.2, -0.15) is 0 Å². The SMILES string of the molecule is C=C(OC(C)(C)C)C(C)C.C=C(OC(C)C)C(C)C.C=C(OCC)C(C)C.C=C(OCC1CCCC1)C(C)C.C=C(OCc1ccccc1)C(C)C.CC(C)C(=O)OCC1CCCCC1. The van der Waals surface area contributed by atoms with Crippen molar-refractivity contribution in [2.45, 2.75) is 201 Å². The normalized spacial score (nSPS) is 13.7. The molecule has 0 heterocycles. The predicted molar refractivity (Wildman–Crippen MR) is 280 cm³/mol. The Kier molecular flexibility index (Phi) is 38.9. The van der Waals surface area contributed by atoms with E-state index in [9.17, 15) is 4.79 Å². The zero-order chi connectivity index (χ0) is 50.7. The maximum atomic E-state index is 11.2. The van der Waals surface area contributed by atoms with Crippen LogP contribution in [-0.4, -0.2) is 37.5 Å². The van der Waals surface area contributed by atoms with Crippen LogP contribution in [0, 0.1) is 47.3 Å². The number of rotatable bonds is 19. The van der Waals surface area contributed by atoms with Crippen molar-refractivity contribution in [1.29, 1.82) is 0 Å². The van der Waals surface area contributed by atoms with Crippen LogP contribution >= 0.6 is 0 Å². The van der Waals surface area contributed by atoms with E-state index in [1.54, 1.807) is 0 Å². The molecule has 2 fully saturated rings. The molecule has 0 aromatic heterocycles. The molecule has 0 spiro atoms. The summed E-state index contributed by atoms with van der Waals surface area (Å²) < 4.78 is 32.2. The quantitative estimate of drug-likeness (QED) is 0.101. The van der Waals surface area contributed by atoms with Crippen LogP contribution in [0.1, 0.15) is 188 Å². The van der Waals surface area contributed by atoms with Crippen LogP contribution in [0.4, 0.5) is 0 Å². The summed E-state index contributed by atoms with van der Waals surface area (Å²) in [5.41, 5.74) is 1.09. The molecule has 1 aromatic carbocycles. The van der Waals surface area contributed by atoms with Gasteiger partial charge in [0.05, 0.1) is 60.6 Å². The molecule has 1 aromatic rings. The van der Waals surface area contributed by atoms with E-state index in [4.69, 9.17) is 28.4 Å². The van der Waals surface area contributed by atoms with E-state index in [0.717, 1.165) is 47.9 Å². The Hall–Kier alpha value is -3.61. The van der Waals surface area contributed by atoms with Gasteiger partial charge in [0.1, 0.15) is 12.2 Å². The number of hydrogen-bond acceptors (Lipinski definition) is 7. The molecule has 0 unspecified atom stereocenters. The molecule has 0 saturated heterocycles. The molecule has 7 nitrogen and oxygen atoms in total. The van der Waals surface area contributed by atoms with Gasteiger partial charge in [-0.1, -0.05) is 178 Å². The maximum absolute atomic E-state index is 11.2. The summed E-state index contributed by atoms with van der Waals surface area (Å²) in [7, 11) is 0. The number of allylic oxidation sites excluding steroid dienone is 5. The van der Waals surface area contributed by atoms with Gasteiger partial charge < -0.3 is 28.4 Å². The lowest BCUT2D eigenvalue weighted by Crippen LogP contribution is -2.19. The van der Waals surface area contributed by atoms with Crippen LogP contribution in [-0.2, 0) is 39.8 Å². The monoisotopic (exact) mass is 913 g/mol. The van der Waals surface area contributed by atoms with Gasteiger partial charge in [-0.3, -0.25) is 4.79 Å². The molecule has 0 atom stereocenters. The minimum atomic E-state index is -0.0959. The Morgan fingerprint density at radius 3 is 1.23 bits per heavy atom. The average molecular weight is 913 g/mol. The third kappa shape index (κ3) is 41.6. The Labute approximate surface area is 403 Å². The van der Waals surface area contributed by atoms with Crippen molar-refractivity contribution in [3.05, 3.63) is 97.6 Å². The summed E-state index contributed by atoms with van der Waals surface area (Å²) in [5, 5.41) is 0. The first-order chi connectivity index (χ1) is 30.1. The Morgan fingerprint density at radius 1 is 0.523 bits per heavy atom. The fourth-order valence-electron chi connectivity index (χ4n) is 5.51. The second-order valence-corrected chi connectivity index (χ2v) is 20.4. The molecular formula is C58H104O7.